The normalized spacial score (nSPS) is 23.3. The van der Waals surface area contributed by atoms with Gasteiger partial charge in [0.1, 0.15) is 5.82 Å². The number of aryl methyl sites for hydroxylation is 1. The largest absolute Gasteiger partial charge is 0.383 e. The van der Waals surface area contributed by atoms with Crippen molar-refractivity contribution in [2.45, 2.75) is 38.8 Å². The smallest absolute Gasteiger partial charge is 0.313 e. The molecule has 1 saturated heterocycles. The van der Waals surface area contributed by atoms with Crippen molar-refractivity contribution in [3.05, 3.63) is 47.1 Å². The highest BCUT2D eigenvalue weighted by Crippen LogP contribution is 2.41. The minimum absolute atomic E-state index is 0.0396. The van der Waals surface area contributed by atoms with Gasteiger partial charge in [-0.1, -0.05) is 13.0 Å². The van der Waals surface area contributed by atoms with Gasteiger partial charge < -0.3 is 20.7 Å². The molecule has 0 radical (unpaired) electrons. The number of benzene rings is 1. The number of rotatable bonds is 3. The Morgan fingerprint density at radius 2 is 2.09 bits per heavy atom. The van der Waals surface area contributed by atoms with E-state index in [1.165, 1.54) is 6.20 Å². The van der Waals surface area contributed by atoms with Gasteiger partial charge in [-0.15, -0.1) is 11.3 Å². The number of likely N-dealkylation sites (tertiary alicyclic amines) is 1. The van der Waals surface area contributed by atoms with Gasteiger partial charge >= 0.3 is 11.8 Å². The number of carbonyl (C=O) groups excluding carboxylic acids is 2. The van der Waals surface area contributed by atoms with Crippen molar-refractivity contribution in [2.24, 2.45) is 5.92 Å². The van der Waals surface area contributed by atoms with Crippen LogP contribution in [0.3, 0.4) is 0 Å². The average molecular weight is 454 g/mol. The molecular weight excluding hydrogens is 426 g/mol. The first kappa shape index (κ1) is 22.2. The highest BCUT2D eigenvalue weighted by Gasteiger charge is 2.47. The molecule has 9 heteroatoms. The van der Waals surface area contributed by atoms with Crippen molar-refractivity contribution in [2.75, 3.05) is 24.7 Å². The van der Waals surface area contributed by atoms with Crippen LogP contribution in [-0.4, -0.2) is 46.4 Å². The molecule has 1 aliphatic heterocycles. The first-order chi connectivity index (χ1) is 15.2. The van der Waals surface area contributed by atoms with E-state index in [0.29, 0.717) is 24.5 Å². The summed E-state index contributed by atoms with van der Waals surface area (Å²) in [5.74, 6) is -0.843. The Bertz CT molecular complexity index is 1180. The Hall–Kier alpha value is -3.04. The quantitative estimate of drug-likeness (QED) is 0.589. The number of nitrogens with two attached hydrogens (primary N) is 1. The van der Waals surface area contributed by atoms with Crippen molar-refractivity contribution in [1.29, 1.82) is 0 Å². The van der Waals surface area contributed by atoms with Gasteiger partial charge in [0.05, 0.1) is 39.3 Å². The zero-order chi connectivity index (χ0) is 23.0. The van der Waals surface area contributed by atoms with E-state index in [9.17, 15) is 9.59 Å². The van der Waals surface area contributed by atoms with Gasteiger partial charge in [-0.2, -0.15) is 0 Å². The molecule has 0 spiro atoms. The van der Waals surface area contributed by atoms with E-state index >= 15 is 0 Å². The summed E-state index contributed by atoms with van der Waals surface area (Å²) in [6.45, 7) is 6.21. The molecule has 3 atom stereocenters. The molecule has 0 aliphatic carbocycles. The van der Waals surface area contributed by atoms with Crippen LogP contribution >= 0.6 is 11.3 Å². The topological polar surface area (TPSA) is 110 Å². The number of thiazole rings is 1. The number of aromatic nitrogens is 2. The van der Waals surface area contributed by atoms with E-state index in [4.69, 9.17) is 10.5 Å². The molecule has 1 aromatic carbocycles. The van der Waals surface area contributed by atoms with Crippen LogP contribution in [0.2, 0.25) is 0 Å². The van der Waals surface area contributed by atoms with E-state index in [-0.39, 0.29) is 12.0 Å². The average Bonchev–Trinajstić information content (AvgIpc) is 3.25. The number of hydrogen-bond acceptors (Lipinski definition) is 7. The second-order valence-electron chi connectivity index (χ2n) is 8.56. The second-order valence-corrected chi connectivity index (χ2v) is 9.45. The van der Waals surface area contributed by atoms with Crippen molar-refractivity contribution >= 4 is 44.9 Å². The third-order valence-corrected chi connectivity index (χ3v) is 7.18. The van der Waals surface area contributed by atoms with Crippen LogP contribution in [0.4, 0.5) is 11.5 Å². The summed E-state index contributed by atoms with van der Waals surface area (Å²) < 4.78 is 6.80. The van der Waals surface area contributed by atoms with Crippen molar-refractivity contribution in [3.8, 4) is 0 Å². The Morgan fingerprint density at radius 1 is 1.31 bits per heavy atom. The van der Waals surface area contributed by atoms with Crippen molar-refractivity contribution in [1.82, 2.24) is 14.9 Å². The molecular formula is C23H27N5O3S. The van der Waals surface area contributed by atoms with Crippen LogP contribution in [0.5, 0.6) is 0 Å². The van der Waals surface area contributed by atoms with Gasteiger partial charge in [0.15, 0.2) is 0 Å². The Morgan fingerprint density at radius 3 is 2.81 bits per heavy atom. The van der Waals surface area contributed by atoms with Crippen LogP contribution in [0, 0.1) is 12.8 Å². The van der Waals surface area contributed by atoms with Crippen molar-refractivity contribution in [3.63, 3.8) is 0 Å². The molecule has 2 aromatic heterocycles. The predicted octanol–water partition coefficient (Wildman–Crippen LogP) is 3.32. The van der Waals surface area contributed by atoms with Crippen LogP contribution in [0.15, 0.2) is 36.0 Å². The molecule has 3 aromatic rings. The maximum atomic E-state index is 13.4. The Kier molecular flexibility index (Phi) is 5.87. The third kappa shape index (κ3) is 3.93. The number of methoxy groups -OCH3 is 1. The monoisotopic (exact) mass is 453 g/mol. The highest BCUT2D eigenvalue weighted by atomic mass is 32.1. The number of hydrogen-bond donors (Lipinski definition) is 2. The molecule has 1 fully saturated rings. The molecule has 32 heavy (non-hydrogen) atoms. The van der Waals surface area contributed by atoms with Gasteiger partial charge in [-0.25, -0.2) is 9.97 Å². The number of ether oxygens (including phenoxy) is 1. The summed E-state index contributed by atoms with van der Waals surface area (Å²) in [6, 6.07) is 7.72. The highest BCUT2D eigenvalue weighted by molar-refractivity contribution is 7.16. The van der Waals surface area contributed by atoms with Crippen LogP contribution in [0.25, 0.3) is 10.2 Å². The summed E-state index contributed by atoms with van der Waals surface area (Å²) in [5.41, 5.74) is 9.79. The molecule has 0 unspecified atom stereocenters. The number of fused-ring (bicyclic) bond motifs is 1. The fraction of sp³-hybridized carbons (Fsp3) is 0.391. The summed E-state index contributed by atoms with van der Waals surface area (Å²) in [6.07, 6.45) is 1.98. The van der Waals surface area contributed by atoms with Gasteiger partial charge in [-0.3, -0.25) is 9.59 Å². The predicted molar refractivity (Wildman–Crippen MR) is 125 cm³/mol. The number of piperidine rings is 1. The lowest BCUT2D eigenvalue weighted by Gasteiger charge is -2.49. The summed E-state index contributed by atoms with van der Waals surface area (Å²) >= 11 is 1.57. The lowest BCUT2D eigenvalue weighted by Crippen LogP contribution is -2.59. The third-order valence-electron chi connectivity index (χ3n) is 6.37. The molecule has 2 amide bonds. The van der Waals surface area contributed by atoms with Gasteiger partial charge in [0.25, 0.3) is 0 Å². The van der Waals surface area contributed by atoms with E-state index < -0.39 is 17.4 Å². The molecule has 3 N–H and O–H groups in total. The van der Waals surface area contributed by atoms with Crippen LogP contribution in [0.1, 0.15) is 31.4 Å². The molecule has 168 valence electrons. The molecule has 1 aliphatic rings. The maximum Gasteiger partial charge on any atom is 0.313 e. The zero-order valence-corrected chi connectivity index (χ0v) is 19.4. The first-order valence-corrected chi connectivity index (χ1v) is 11.3. The van der Waals surface area contributed by atoms with E-state index in [1.807, 2.05) is 32.0 Å². The van der Waals surface area contributed by atoms with Gasteiger partial charge in [0.2, 0.25) is 0 Å². The first-order valence-electron chi connectivity index (χ1n) is 10.4. The second kappa shape index (κ2) is 8.48. The summed E-state index contributed by atoms with van der Waals surface area (Å²) in [5, 5.41) is 2.67. The lowest BCUT2D eigenvalue weighted by molar-refractivity contribution is -0.155. The SMILES string of the molecule is CO[C@H]1C[C@@](C)(c2ccc3scnc3c2)N(C(=O)C(=O)Nc2cnc(N)c(C)c2)C[C@H]1C. The number of amides is 2. The van der Waals surface area contributed by atoms with Crippen molar-refractivity contribution < 1.29 is 14.3 Å². The van der Waals surface area contributed by atoms with E-state index in [2.05, 4.69) is 15.3 Å². The van der Waals surface area contributed by atoms with Gasteiger partial charge in [-0.05, 0) is 43.2 Å². The number of carbonyl (C=O) groups is 2. The van der Waals surface area contributed by atoms with Crippen LogP contribution in [-0.2, 0) is 19.9 Å². The fourth-order valence-electron chi connectivity index (χ4n) is 4.36. The summed E-state index contributed by atoms with van der Waals surface area (Å²) in [7, 11) is 1.69. The fourth-order valence-corrected chi connectivity index (χ4v) is 5.02. The van der Waals surface area contributed by atoms with E-state index in [1.54, 1.807) is 41.8 Å². The minimum Gasteiger partial charge on any atom is -0.383 e. The number of nitrogens with one attached hydrogen (secondary N) is 1. The number of nitrogen functional groups attached to an aromatic ring is 1. The number of anilines is 2. The summed E-state index contributed by atoms with van der Waals surface area (Å²) in [4.78, 5) is 36.5. The lowest BCUT2D eigenvalue weighted by atomic mass is 9.77. The molecule has 3 heterocycles. The number of pyridine rings is 1. The standard InChI is InChI=1S/C23H27N5O3S/c1-13-7-16(10-25-20(13)24)27-21(29)22(30)28-11-14(2)18(31-4)9-23(28,3)15-5-6-19-17(8-15)26-12-32-19/h5-8,10,12,14,18H,9,11H2,1-4H3,(H2,24,25)(H,27,29)/t14-,18+,23+/m1/s1. The Labute approximate surface area is 190 Å². The molecule has 8 nitrogen and oxygen atoms in total. The molecule has 4 rings (SSSR count). The number of nitrogens with zero attached hydrogens (tertiary/aromatic N) is 3. The molecule has 0 saturated carbocycles. The maximum absolute atomic E-state index is 13.4. The van der Waals surface area contributed by atoms with Crippen LogP contribution < -0.4 is 11.1 Å². The zero-order valence-electron chi connectivity index (χ0n) is 18.6. The van der Waals surface area contributed by atoms with E-state index in [0.717, 1.165) is 21.3 Å². The minimum atomic E-state index is -0.727. The molecule has 0 bridgehead atoms. The van der Waals surface area contributed by atoms with Gasteiger partial charge in [0, 0.05) is 26.0 Å². The Balaban J connectivity index is 1.67.